The molecule has 0 aliphatic heterocycles. The Morgan fingerprint density at radius 1 is 1.19 bits per heavy atom. The molecule has 0 spiro atoms. The SMILES string of the molecule is NNC(=O)C(=O)N/N=C1/CCC[C@@H]1C(=O)CCC(=O)Nc1cccc(Cl)c1. The second kappa shape index (κ2) is 9.79. The molecule has 10 heteroatoms. The third-order valence-electron chi connectivity index (χ3n) is 4.06. The molecule has 1 aromatic carbocycles. The molecule has 0 aromatic heterocycles. The zero-order valence-corrected chi connectivity index (χ0v) is 15.2. The average molecular weight is 394 g/mol. The molecule has 144 valence electrons. The van der Waals surface area contributed by atoms with E-state index in [0.717, 1.165) is 6.42 Å². The standard InChI is InChI=1S/C17H20ClN5O4/c18-10-3-1-4-11(9-10)20-15(25)8-7-14(24)12-5-2-6-13(12)22-23-17(27)16(26)21-19/h1,3-4,9,12H,2,5-8,19H2,(H,20,25)(H,21,26)(H,23,27)/b22-13-/t12-/m0/s1. The molecule has 1 aromatic rings. The van der Waals surface area contributed by atoms with Gasteiger partial charge >= 0.3 is 11.8 Å². The van der Waals surface area contributed by atoms with Crippen molar-refractivity contribution in [2.75, 3.05) is 5.32 Å². The van der Waals surface area contributed by atoms with Crippen molar-refractivity contribution in [1.29, 1.82) is 0 Å². The first kappa shape index (κ1) is 20.5. The number of benzene rings is 1. The Balaban J connectivity index is 1.86. The van der Waals surface area contributed by atoms with E-state index >= 15 is 0 Å². The van der Waals surface area contributed by atoms with Gasteiger partial charge in [-0.05, 0) is 37.5 Å². The summed E-state index contributed by atoms with van der Waals surface area (Å²) in [6, 6.07) is 6.72. The van der Waals surface area contributed by atoms with E-state index in [4.69, 9.17) is 17.4 Å². The van der Waals surface area contributed by atoms with E-state index < -0.39 is 17.7 Å². The van der Waals surface area contributed by atoms with Crippen LogP contribution in [-0.2, 0) is 19.2 Å². The molecule has 2 rings (SSSR count). The molecule has 1 saturated carbocycles. The third-order valence-corrected chi connectivity index (χ3v) is 4.30. The normalized spacial score (nSPS) is 17.4. The van der Waals surface area contributed by atoms with Gasteiger partial charge in [-0.1, -0.05) is 17.7 Å². The van der Waals surface area contributed by atoms with Crippen LogP contribution in [0.25, 0.3) is 0 Å². The van der Waals surface area contributed by atoms with E-state index in [1.807, 2.05) is 0 Å². The minimum absolute atomic E-state index is 0.0249. The average Bonchev–Trinajstić information content (AvgIpc) is 3.12. The second-order valence-corrected chi connectivity index (χ2v) is 6.42. The van der Waals surface area contributed by atoms with Crippen LogP contribution in [0.3, 0.4) is 0 Å². The Morgan fingerprint density at radius 2 is 1.96 bits per heavy atom. The maximum Gasteiger partial charge on any atom is 0.330 e. The van der Waals surface area contributed by atoms with Gasteiger partial charge in [-0.25, -0.2) is 11.3 Å². The summed E-state index contributed by atoms with van der Waals surface area (Å²) in [5.41, 5.74) is 4.82. The van der Waals surface area contributed by atoms with Crippen LogP contribution in [0, 0.1) is 5.92 Å². The van der Waals surface area contributed by atoms with Crippen molar-refractivity contribution in [3.05, 3.63) is 29.3 Å². The number of hydrazone groups is 1. The zero-order chi connectivity index (χ0) is 19.8. The van der Waals surface area contributed by atoms with E-state index in [9.17, 15) is 19.2 Å². The fourth-order valence-corrected chi connectivity index (χ4v) is 2.94. The lowest BCUT2D eigenvalue weighted by atomic mass is 9.97. The molecular weight excluding hydrogens is 374 g/mol. The Morgan fingerprint density at radius 3 is 2.67 bits per heavy atom. The highest BCUT2D eigenvalue weighted by Crippen LogP contribution is 2.25. The lowest BCUT2D eigenvalue weighted by Gasteiger charge is -2.10. The number of ketones is 1. The minimum Gasteiger partial charge on any atom is -0.326 e. The van der Waals surface area contributed by atoms with Crippen LogP contribution < -0.4 is 22.0 Å². The summed E-state index contributed by atoms with van der Waals surface area (Å²) >= 11 is 5.86. The second-order valence-electron chi connectivity index (χ2n) is 5.99. The summed E-state index contributed by atoms with van der Waals surface area (Å²) in [6.45, 7) is 0. The number of nitrogens with two attached hydrogens (primary N) is 1. The van der Waals surface area contributed by atoms with Crippen molar-refractivity contribution in [3.8, 4) is 0 Å². The largest absolute Gasteiger partial charge is 0.330 e. The smallest absolute Gasteiger partial charge is 0.326 e. The van der Waals surface area contributed by atoms with Crippen molar-refractivity contribution in [2.45, 2.75) is 32.1 Å². The van der Waals surface area contributed by atoms with E-state index in [1.165, 1.54) is 0 Å². The maximum absolute atomic E-state index is 12.4. The van der Waals surface area contributed by atoms with Gasteiger partial charge in [0.2, 0.25) is 5.91 Å². The van der Waals surface area contributed by atoms with Gasteiger partial charge in [0, 0.05) is 29.3 Å². The number of nitrogens with one attached hydrogen (secondary N) is 3. The number of rotatable bonds is 6. The predicted molar refractivity (Wildman–Crippen MR) is 99.6 cm³/mol. The number of halogens is 1. The van der Waals surface area contributed by atoms with E-state index in [0.29, 0.717) is 29.3 Å². The van der Waals surface area contributed by atoms with Gasteiger partial charge in [0.1, 0.15) is 5.78 Å². The van der Waals surface area contributed by atoms with E-state index in [-0.39, 0.29) is 24.5 Å². The van der Waals surface area contributed by atoms with E-state index in [2.05, 4.69) is 15.8 Å². The summed E-state index contributed by atoms with van der Waals surface area (Å²) in [6.07, 6.45) is 1.94. The van der Waals surface area contributed by atoms with Gasteiger partial charge in [0.25, 0.3) is 0 Å². The van der Waals surface area contributed by atoms with Gasteiger partial charge in [-0.15, -0.1) is 0 Å². The number of Topliss-reactive ketones (excluding diaryl/α,β-unsaturated/α-hetero) is 1. The van der Waals surface area contributed by atoms with Crippen LogP contribution in [0.15, 0.2) is 29.4 Å². The van der Waals surface area contributed by atoms with Crippen molar-refractivity contribution in [1.82, 2.24) is 10.9 Å². The Labute approximate surface area is 160 Å². The van der Waals surface area contributed by atoms with Crippen LogP contribution in [0.5, 0.6) is 0 Å². The predicted octanol–water partition coefficient (Wildman–Crippen LogP) is 0.890. The molecule has 0 heterocycles. The monoisotopic (exact) mass is 393 g/mol. The van der Waals surface area contributed by atoms with Crippen LogP contribution in [0.1, 0.15) is 32.1 Å². The van der Waals surface area contributed by atoms with Gasteiger partial charge in [-0.3, -0.25) is 24.6 Å². The summed E-state index contributed by atoms with van der Waals surface area (Å²) in [5, 5.41) is 7.04. The fraction of sp³-hybridized carbons (Fsp3) is 0.353. The molecule has 1 fully saturated rings. The van der Waals surface area contributed by atoms with Crippen molar-refractivity contribution >= 4 is 46.5 Å². The molecule has 0 unspecified atom stereocenters. The molecule has 0 bridgehead atoms. The molecule has 9 nitrogen and oxygen atoms in total. The Bertz CT molecular complexity index is 780. The highest BCUT2D eigenvalue weighted by Gasteiger charge is 2.29. The highest BCUT2D eigenvalue weighted by molar-refractivity contribution is 6.35. The summed E-state index contributed by atoms with van der Waals surface area (Å²) in [5.74, 6) is 1.92. The number of carbonyl (C=O) groups is 4. The molecule has 0 radical (unpaired) electrons. The first-order chi connectivity index (χ1) is 12.9. The lowest BCUT2D eigenvalue weighted by Crippen LogP contribution is -2.41. The molecule has 0 saturated heterocycles. The van der Waals surface area contributed by atoms with Gasteiger partial charge in [0.15, 0.2) is 0 Å². The summed E-state index contributed by atoms with van der Waals surface area (Å²) in [7, 11) is 0. The van der Waals surface area contributed by atoms with Gasteiger partial charge in [0.05, 0.1) is 5.92 Å². The third kappa shape index (κ3) is 6.15. The molecule has 1 aliphatic carbocycles. The molecule has 3 amide bonds. The van der Waals surface area contributed by atoms with E-state index in [1.54, 1.807) is 29.7 Å². The minimum atomic E-state index is -1.03. The van der Waals surface area contributed by atoms with Crippen LogP contribution in [-0.4, -0.2) is 29.2 Å². The summed E-state index contributed by atoms with van der Waals surface area (Å²) in [4.78, 5) is 46.8. The van der Waals surface area contributed by atoms with Gasteiger partial charge < -0.3 is 5.32 Å². The van der Waals surface area contributed by atoms with Crippen LogP contribution in [0.4, 0.5) is 5.69 Å². The van der Waals surface area contributed by atoms with Gasteiger partial charge in [-0.2, -0.15) is 5.10 Å². The number of nitrogens with zero attached hydrogens (tertiary/aromatic N) is 1. The molecule has 27 heavy (non-hydrogen) atoms. The number of amides is 3. The van der Waals surface area contributed by atoms with Crippen molar-refractivity contribution < 1.29 is 19.2 Å². The van der Waals surface area contributed by atoms with Crippen LogP contribution >= 0.6 is 11.6 Å². The Hall–Kier alpha value is -2.78. The van der Waals surface area contributed by atoms with Crippen molar-refractivity contribution in [2.24, 2.45) is 16.9 Å². The quantitative estimate of drug-likeness (QED) is 0.245. The van der Waals surface area contributed by atoms with Crippen LogP contribution in [0.2, 0.25) is 5.02 Å². The lowest BCUT2D eigenvalue weighted by molar-refractivity contribution is -0.139. The van der Waals surface area contributed by atoms with Crippen molar-refractivity contribution in [3.63, 3.8) is 0 Å². The molecule has 1 aliphatic rings. The summed E-state index contributed by atoms with van der Waals surface area (Å²) < 4.78 is 0. The topological polar surface area (TPSA) is 143 Å². The number of hydrogen-bond acceptors (Lipinski definition) is 6. The first-order valence-corrected chi connectivity index (χ1v) is 8.74. The maximum atomic E-state index is 12.4. The number of hydrazine groups is 1. The fourth-order valence-electron chi connectivity index (χ4n) is 2.75. The molecule has 1 atom stereocenters. The number of hydrogen-bond donors (Lipinski definition) is 4. The molecule has 5 N–H and O–H groups in total. The Kier molecular flexibility index (Phi) is 7.44. The first-order valence-electron chi connectivity index (χ1n) is 8.36. The number of anilines is 1. The molecular formula is C17H20ClN5O4. The number of carbonyl (C=O) groups excluding carboxylic acids is 4. The highest BCUT2D eigenvalue weighted by atomic mass is 35.5. The zero-order valence-electron chi connectivity index (χ0n) is 14.5.